The first-order valence-electron chi connectivity index (χ1n) is 6.34. The fourth-order valence-corrected chi connectivity index (χ4v) is 2.96. The number of hydrogen-bond acceptors (Lipinski definition) is 3. The minimum absolute atomic E-state index is 0.0141. The van der Waals surface area contributed by atoms with E-state index in [0.29, 0.717) is 11.4 Å². The minimum Gasteiger partial charge on any atom is -0.271 e. The van der Waals surface area contributed by atoms with Crippen LogP contribution in [0.5, 0.6) is 0 Å². The summed E-state index contributed by atoms with van der Waals surface area (Å²) >= 11 is 9.81. The Balaban J connectivity index is 2.36. The lowest BCUT2D eigenvalue weighted by molar-refractivity contribution is 0.527. The maximum absolute atomic E-state index is 6.31. The second kappa shape index (κ2) is 6.26. The van der Waals surface area contributed by atoms with E-state index in [9.17, 15) is 0 Å². The largest absolute Gasteiger partial charge is 0.271 e. The Hall–Kier alpha value is -0.880. The maximum Gasteiger partial charge on any atom is 0.0847 e. The summed E-state index contributed by atoms with van der Waals surface area (Å²) in [5, 5.41) is 5.05. The maximum atomic E-state index is 6.31. The number of nitrogens with zero attached hydrogens (tertiary/aromatic N) is 2. The van der Waals surface area contributed by atoms with Crippen molar-refractivity contribution >= 4 is 27.5 Å². The van der Waals surface area contributed by atoms with Gasteiger partial charge in [0.15, 0.2) is 0 Å². The standard InChI is InChI=1S/C14H18BrClN4/c1-8-4-5-10(15)6-11(8)12(18-17)7-13-14(16)9(2)19-20(13)3/h4-6,12,18H,7,17H2,1-3H3. The summed E-state index contributed by atoms with van der Waals surface area (Å²) in [5.41, 5.74) is 7.03. The fraction of sp³-hybridized carbons (Fsp3) is 0.357. The molecule has 4 nitrogen and oxygen atoms in total. The molecular formula is C14H18BrClN4. The van der Waals surface area contributed by atoms with E-state index >= 15 is 0 Å². The number of rotatable bonds is 4. The Morgan fingerprint density at radius 1 is 1.45 bits per heavy atom. The molecule has 0 amide bonds. The zero-order chi connectivity index (χ0) is 14.9. The van der Waals surface area contributed by atoms with E-state index in [-0.39, 0.29) is 6.04 Å². The van der Waals surface area contributed by atoms with Crippen LogP contribution in [0.4, 0.5) is 0 Å². The van der Waals surface area contributed by atoms with Gasteiger partial charge in [-0.1, -0.05) is 33.6 Å². The Kier molecular flexibility index (Phi) is 4.86. The summed E-state index contributed by atoms with van der Waals surface area (Å²) in [6.07, 6.45) is 0.684. The van der Waals surface area contributed by atoms with Crippen LogP contribution in [0.3, 0.4) is 0 Å². The lowest BCUT2D eigenvalue weighted by Crippen LogP contribution is -2.30. The van der Waals surface area contributed by atoms with Crippen molar-refractivity contribution in [3.63, 3.8) is 0 Å². The summed E-state index contributed by atoms with van der Waals surface area (Å²) in [7, 11) is 1.90. The van der Waals surface area contributed by atoms with Crippen LogP contribution < -0.4 is 11.3 Å². The molecule has 2 aromatic rings. The van der Waals surface area contributed by atoms with Gasteiger partial charge in [-0.05, 0) is 37.1 Å². The number of aryl methyl sites for hydroxylation is 3. The first kappa shape index (κ1) is 15.5. The Morgan fingerprint density at radius 3 is 2.70 bits per heavy atom. The van der Waals surface area contributed by atoms with Gasteiger partial charge in [-0.2, -0.15) is 5.10 Å². The fourth-order valence-electron chi connectivity index (χ4n) is 2.34. The summed E-state index contributed by atoms with van der Waals surface area (Å²) in [6.45, 7) is 3.98. The predicted molar refractivity (Wildman–Crippen MR) is 85.6 cm³/mol. The SMILES string of the molecule is Cc1ccc(Br)cc1C(Cc1c(Cl)c(C)nn1C)NN. The number of nitrogens with two attached hydrogens (primary N) is 1. The third-order valence-electron chi connectivity index (χ3n) is 3.48. The second-order valence-corrected chi connectivity index (χ2v) is 6.19. The lowest BCUT2D eigenvalue weighted by atomic mass is 9.98. The highest BCUT2D eigenvalue weighted by Gasteiger charge is 2.19. The van der Waals surface area contributed by atoms with Crippen molar-refractivity contribution in [2.75, 3.05) is 0 Å². The smallest absolute Gasteiger partial charge is 0.0847 e. The Morgan fingerprint density at radius 2 is 2.15 bits per heavy atom. The molecule has 0 saturated carbocycles. The van der Waals surface area contributed by atoms with Crippen LogP contribution >= 0.6 is 27.5 Å². The number of nitrogens with one attached hydrogen (secondary N) is 1. The van der Waals surface area contributed by atoms with Crippen molar-refractivity contribution in [2.24, 2.45) is 12.9 Å². The zero-order valence-electron chi connectivity index (χ0n) is 11.7. The van der Waals surface area contributed by atoms with Gasteiger partial charge >= 0.3 is 0 Å². The van der Waals surface area contributed by atoms with Crippen molar-refractivity contribution in [1.29, 1.82) is 0 Å². The van der Waals surface area contributed by atoms with Gasteiger partial charge in [0, 0.05) is 17.9 Å². The van der Waals surface area contributed by atoms with Crippen molar-refractivity contribution in [3.05, 3.63) is 50.2 Å². The first-order valence-corrected chi connectivity index (χ1v) is 7.51. The highest BCUT2D eigenvalue weighted by Crippen LogP contribution is 2.28. The topological polar surface area (TPSA) is 55.9 Å². The van der Waals surface area contributed by atoms with E-state index in [4.69, 9.17) is 17.4 Å². The van der Waals surface area contributed by atoms with Gasteiger partial charge in [0.25, 0.3) is 0 Å². The van der Waals surface area contributed by atoms with Gasteiger partial charge in [0.1, 0.15) is 0 Å². The number of hydrogen-bond donors (Lipinski definition) is 2. The quantitative estimate of drug-likeness (QED) is 0.652. The van der Waals surface area contributed by atoms with Gasteiger partial charge in [-0.15, -0.1) is 0 Å². The normalized spacial score (nSPS) is 12.7. The van der Waals surface area contributed by atoms with E-state index in [0.717, 1.165) is 21.4 Å². The van der Waals surface area contributed by atoms with Crippen LogP contribution in [0, 0.1) is 13.8 Å². The van der Waals surface area contributed by atoms with E-state index in [1.165, 1.54) is 5.56 Å². The van der Waals surface area contributed by atoms with Gasteiger partial charge in [0.05, 0.1) is 22.5 Å². The minimum atomic E-state index is -0.0141. The molecular weight excluding hydrogens is 340 g/mol. The number of benzene rings is 1. The number of halogens is 2. The van der Waals surface area contributed by atoms with Crippen LogP contribution in [-0.4, -0.2) is 9.78 Å². The van der Waals surface area contributed by atoms with E-state index in [1.54, 1.807) is 0 Å². The molecule has 0 spiro atoms. The lowest BCUT2D eigenvalue weighted by Gasteiger charge is -2.19. The van der Waals surface area contributed by atoms with Crippen LogP contribution in [0.1, 0.15) is 28.6 Å². The number of hydrazine groups is 1. The third-order valence-corrected chi connectivity index (χ3v) is 4.46. The summed E-state index contributed by atoms with van der Waals surface area (Å²) < 4.78 is 2.85. The molecule has 1 heterocycles. The zero-order valence-corrected chi connectivity index (χ0v) is 14.1. The molecule has 108 valence electrons. The second-order valence-electron chi connectivity index (χ2n) is 4.89. The molecule has 0 aliphatic heterocycles. The molecule has 1 unspecified atom stereocenters. The summed E-state index contributed by atoms with van der Waals surface area (Å²) in [5.74, 6) is 5.74. The third kappa shape index (κ3) is 3.06. The molecule has 1 aromatic heterocycles. The molecule has 20 heavy (non-hydrogen) atoms. The van der Waals surface area contributed by atoms with E-state index < -0.39 is 0 Å². The molecule has 1 aromatic carbocycles. The highest BCUT2D eigenvalue weighted by atomic mass is 79.9. The Labute approximate surface area is 132 Å². The number of aromatic nitrogens is 2. The molecule has 1 atom stereocenters. The molecule has 2 rings (SSSR count). The van der Waals surface area contributed by atoms with Crippen LogP contribution in [-0.2, 0) is 13.5 Å². The van der Waals surface area contributed by atoms with Crippen molar-refractivity contribution < 1.29 is 0 Å². The molecule has 0 saturated heterocycles. The molecule has 3 N–H and O–H groups in total. The molecule has 6 heteroatoms. The van der Waals surface area contributed by atoms with E-state index in [2.05, 4.69) is 45.5 Å². The van der Waals surface area contributed by atoms with Crippen molar-refractivity contribution in [1.82, 2.24) is 15.2 Å². The predicted octanol–water partition coefficient (Wildman–Crippen LogP) is 3.20. The van der Waals surface area contributed by atoms with Crippen LogP contribution in [0.15, 0.2) is 22.7 Å². The highest BCUT2D eigenvalue weighted by molar-refractivity contribution is 9.10. The summed E-state index contributed by atoms with van der Waals surface area (Å²) in [6, 6.07) is 6.16. The van der Waals surface area contributed by atoms with Gasteiger partial charge < -0.3 is 0 Å². The average molecular weight is 358 g/mol. The Bertz CT molecular complexity index is 624. The average Bonchev–Trinajstić information content (AvgIpc) is 2.65. The van der Waals surface area contributed by atoms with Gasteiger partial charge in [-0.3, -0.25) is 16.0 Å². The molecule has 0 radical (unpaired) electrons. The van der Waals surface area contributed by atoms with Crippen LogP contribution in [0.25, 0.3) is 0 Å². The van der Waals surface area contributed by atoms with E-state index in [1.807, 2.05) is 24.7 Å². The van der Waals surface area contributed by atoms with Gasteiger partial charge in [-0.25, -0.2) is 0 Å². The van der Waals surface area contributed by atoms with Crippen LogP contribution in [0.2, 0.25) is 5.02 Å². The molecule has 0 fully saturated rings. The van der Waals surface area contributed by atoms with Crippen molar-refractivity contribution in [2.45, 2.75) is 26.3 Å². The van der Waals surface area contributed by atoms with Crippen molar-refractivity contribution in [3.8, 4) is 0 Å². The van der Waals surface area contributed by atoms with Gasteiger partial charge in [0.2, 0.25) is 0 Å². The molecule has 0 aliphatic carbocycles. The first-order chi connectivity index (χ1) is 9.43. The molecule has 0 bridgehead atoms. The summed E-state index contributed by atoms with van der Waals surface area (Å²) in [4.78, 5) is 0. The monoisotopic (exact) mass is 356 g/mol. The molecule has 0 aliphatic rings.